The fourth-order valence-corrected chi connectivity index (χ4v) is 4.85. The van der Waals surface area contributed by atoms with Gasteiger partial charge in [-0.1, -0.05) is 73.0 Å². The zero-order chi connectivity index (χ0) is 23.0. The first-order valence-corrected chi connectivity index (χ1v) is 12.2. The van der Waals surface area contributed by atoms with Crippen LogP contribution < -0.4 is 10.2 Å². The Hall–Kier alpha value is -3.13. The Bertz CT molecular complexity index is 1100. The number of carbonyl (C=O) groups excluding carboxylic acids is 1. The largest absolute Gasteiger partial charge is 0.496 e. The molecule has 4 rings (SSSR count). The number of ether oxygens (including phenoxy) is 1. The molecule has 1 aliphatic rings. The summed E-state index contributed by atoms with van der Waals surface area (Å²) >= 11 is 1.40. The van der Waals surface area contributed by atoms with E-state index in [-0.39, 0.29) is 11.7 Å². The Morgan fingerprint density at radius 2 is 1.91 bits per heavy atom. The normalized spacial score (nSPS) is 14.5. The number of hydrogen-bond acceptors (Lipinski definition) is 6. The number of aryl methyl sites for hydroxylation is 1. The molecule has 1 saturated carbocycles. The third-order valence-corrected chi connectivity index (χ3v) is 6.72. The minimum absolute atomic E-state index is 0.193. The summed E-state index contributed by atoms with van der Waals surface area (Å²) in [4.78, 5) is 12.4. The van der Waals surface area contributed by atoms with Crippen molar-refractivity contribution in [3.05, 3.63) is 59.7 Å². The van der Waals surface area contributed by atoms with Gasteiger partial charge in [0, 0.05) is 17.2 Å². The van der Waals surface area contributed by atoms with Gasteiger partial charge >= 0.3 is 0 Å². The van der Waals surface area contributed by atoms with E-state index in [4.69, 9.17) is 4.74 Å². The Morgan fingerprint density at radius 1 is 1.15 bits per heavy atom. The first-order chi connectivity index (χ1) is 16.2. The number of rotatable bonds is 8. The fraction of sp³-hybridized carbons (Fsp3) is 0.360. The second kappa shape index (κ2) is 11.1. The maximum absolute atomic E-state index is 12.4. The third kappa shape index (κ3) is 5.82. The van der Waals surface area contributed by atoms with E-state index in [9.17, 15) is 4.79 Å². The lowest BCUT2D eigenvalue weighted by molar-refractivity contribution is -0.118. The number of benzene rings is 2. The van der Waals surface area contributed by atoms with E-state index >= 15 is 0 Å². The van der Waals surface area contributed by atoms with Gasteiger partial charge in [-0.15, -0.1) is 10.2 Å². The maximum Gasteiger partial charge on any atom is 0.250 e. The van der Waals surface area contributed by atoms with Crippen LogP contribution in [-0.4, -0.2) is 39.7 Å². The molecule has 0 saturated heterocycles. The molecule has 3 aromatic rings. The molecule has 1 amide bonds. The van der Waals surface area contributed by atoms with E-state index < -0.39 is 0 Å². The third-order valence-electron chi connectivity index (χ3n) is 5.78. The topological polar surface area (TPSA) is 81.4 Å². The van der Waals surface area contributed by atoms with Crippen molar-refractivity contribution in [2.24, 2.45) is 5.10 Å². The molecule has 8 heteroatoms. The Kier molecular flexibility index (Phi) is 7.78. The van der Waals surface area contributed by atoms with Crippen molar-refractivity contribution in [1.82, 2.24) is 20.2 Å². The number of hydrazone groups is 1. The van der Waals surface area contributed by atoms with Crippen molar-refractivity contribution in [3.63, 3.8) is 0 Å². The number of thioether (sulfide) groups is 1. The number of nitrogens with one attached hydrogen (secondary N) is 1. The highest BCUT2D eigenvalue weighted by atomic mass is 32.2. The summed E-state index contributed by atoms with van der Waals surface area (Å²) in [7, 11) is 1.61. The van der Waals surface area contributed by atoms with Crippen LogP contribution in [0.25, 0.3) is 11.4 Å². The Balaban J connectivity index is 1.45. The van der Waals surface area contributed by atoms with Gasteiger partial charge < -0.3 is 4.74 Å². The molecule has 1 N–H and O–H groups in total. The predicted octanol–water partition coefficient (Wildman–Crippen LogP) is 5.01. The van der Waals surface area contributed by atoms with Gasteiger partial charge in [-0.05, 0) is 31.9 Å². The highest BCUT2D eigenvalue weighted by Crippen LogP contribution is 2.35. The highest BCUT2D eigenvalue weighted by molar-refractivity contribution is 7.99. The summed E-state index contributed by atoms with van der Waals surface area (Å²) in [5, 5.41) is 13.8. The molecule has 0 atom stereocenters. The average Bonchev–Trinajstić information content (AvgIpc) is 3.28. The molecule has 0 unspecified atom stereocenters. The first kappa shape index (κ1) is 23.0. The molecule has 0 radical (unpaired) electrons. The minimum atomic E-state index is -0.193. The van der Waals surface area contributed by atoms with Crippen LogP contribution in [0.4, 0.5) is 0 Å². The van der Waals surface area contributed by atoms with Crippen LogP contribution >= 0.6 is 11.8 Å². The molecule has 1 aromatic heterocycles. The fourth-order valence-electron chi connectivity index (χ4n) is 4.05. The van der Waals surface area contributed by atoms with E-state index in [1.807, 2.05) is 24.3 Å². The van der Waals surface area contributed by atoms with Crippen molar-refractivity contribution >= 4 is 23.9 Å². The SMILES string of the molecule is COc1ccccc1/C=N\NC(=O)CSc1nnc(-c2ccc(C)cc2)n1C1CCCCC1. The summed E-state index contributed by atoms with van der Waals surface area (Å²) in [6.45, 7) is 2.08. The summed E-state index contributed by atoms with van der Waals surface area (Å²) in [6, 6.07) is 16.2. The highest BCUT2D eigenvalue weighted by Gasteiger charge is 2.24. The lowest BCUT2D eigenvalue weighted by Gasteiger charge is -2.25. The van der Waals surface area contributed by atoms with Crippen LogP contribution in [0.2, 0.25) is 0 Å². The molecule has 7 nitrogen and oxygen atoms in total. The van der Waals surface area contributed by atoms with E-state index in [0.29, 0.717) is 11.8 Å². The Morgan fingerprint density at radius 3 is 2.67 bits per heavy atom. The van der Waals surface area contributed by atoms with Gasteiger partial charge in [-0.3, -0.25) is 9.36 Å². The monoisotopic (exact) mass is 463 g/mol. The number of amides is 1. The molecule has 2 aromatic carbocycles. The number of aromatic nitrogens is 3. The average molecular weight is 464 g/mol. The van der Waals surface area contributed by atoms with E-state index in [1.54, 1.807) is 13.3 Å². The quantitative estimate of drug-likeness (QED) is 0.288. The van der Waals surface area contributed by atoms with Gasteiger partial charge in [0.05, 0.1) is 19.1 Å². The Labute approximate surface area is 198 Å². The van der Waals surface area contributed by atoms with Crippen molar-refractivity contribution < 1.29 is 9.53 Å². The first-order valence-electron chi connectivity index (χ1n) is 11.3. The molecular weight excluding hydrogens is 434 g/mol. The van der Waals surface area contributed by atoms with Gasteiger partial charge in [0.2, 0.25) is 0 Å². The lowest BCUT2D eigenvalue weighted by atomic mass is 9.95. The van der Waals surface area contributed by atoms with Gasteiger partial charge in [-0.25, -0.2) is 5.43 Å². The predicted molar refractivity (Wildman–Crippen MR) is 132 cm³/mol. The number of methoxy groups -OCH3 is 1. The molecule has 1 fully saturated rings. The number of carbonyl (C=O) groups is 1. The molecule has 33 heavy (non-hydrogen) atoms. The number of nitrogens with zero attached hydrogens (tertiary/aromatic N) is 4. The second-order valence-corrected chi connectivity index (χ2v) is 9.10. The lowest BCUT2D eigenvalue weighted by Crippen LogP contribution is -2.20. The zero-order valence-corrected chi connectivity index (χ0v) is 19.8. The van der Waals surface area contributed by atoms with E-state index in [1.165, 1.54) is 36.6 Å². The standard InChI is InChI=1S/C25H29N5O2S/c1-18-12-14-19(15-13-18)24-28-29-25(30(24)21-9-4-3-5-10-21)33-17-23(31)27-26-16-20-8-6-7-11-22(20)32-2/h6-8,11-16,21H,3-5,9-10,17H2,1-2H3,(H,27,31)/b26-16-. The zero-order valence-electron chi connectivity index (χ0n) is 19.0. The van der Waals surface area contributed by atoms with Crippen LogP contribution in [0.3, 0.4) is 0 Å². The molecule has 0 aliphatic heterocycles. The van der Waals surface area contributed by atoms with E-state index in [0.717, 1.165) is 34.9 Å². The van der Waals surface area contributed by atoms with Gasteiger partial charge in [0.25, 0.3) is 5.91 Å². The number of hydrogen-bond donors (Lipinski definition) is 1. The summed E-state index contributed by atoms with van der Waals surface area (Å²) < 4.78 is 7.53. The van der Waals surface area contributed by atoms with Gasteiger partial charge in [0.1, 0.15) is 5.75 Å². The van der Waals surface area contributed by atoms with Crippen LogP contribution in [0, 0.1) is 6.92 Å². The van der Waals surface area contributed by atoms with Crippen LogP contribution in [0.15, 0.2) is 58.8 Å². The van der Waals surface area contributed by atoms with Crippen molar-refractivity contribution in [2.75, 3.05) is 12.9 Å². The summed E-state index contributed by atoms with van der Waals surface area (Å²) in [6.07, 6.45) is 7.49. The van der Waals surface area contributed by atoms with Crippen molar-refractivity contribution in [3.8, 4) is 17.1 Å². The van der Waals surface area contributed by atoms with Crippen molar-refractivity contribution in [2.45, 2.75) is 50.2 Å². The molecule has 172 valence electrons. The molecule has 1 heterocycles. The minimum Gasteiger partial charge on any atom is -0.496 e. The van der Waals surface area contributed by atoms with Crippen LogP contribution in [-0.2, 0) is 4.79 Å². The molecule has 1 aliphatic carbocycles. The second-order valence-electron chi connectivity index (χ2n) is 8.16. The molecular formula is C25H29N5O2S. The van der Waals surface area contributed by atoms with Crippen LogP contribution in [0.1, 0.15) is 49.3 Å². The molecule has 0 bridgehead atoms. The summed E-state index contributed by atoms with van der Waals surface area (Å²) in [5.41, 5.74) is 5.65. The smallest absolute Gasteiger partial charge is 0.250 e. The van der Waals surface area contributed by atoms with Gasteiger partial charge in [-0.2, -0.15) is 5.10 Å². The van der Waals surface area contributed by atoms with Crippen LogP contribution in [0.5, 0.6) is 5.75 Å². The van der Waals surface area contributed by atoms with Crippen molar-refractivity contribution in [1.29, 1.82) is 0 Å². The summed E-state index contributed by atoms with van der Waals surface area (Å²) in [5.74, 6) is 1.59. The van der Waals surface area contributed by atoms with E-state index in [2.05, 4.69) is 56.5 Å². The maximum atomic E-state index is 12.4. The number of para-hydroxylation sites is 1. The molecule has 0 spiro atoms. The van der Waals surface area contributed by atoms with Gasteiger partial charge in [0.15, 0.2) is 11.0 Å².